The van der Waals surface area contributed by atoms with Crippen LogP contribution in [0, 0.1) is 6.92 Å². The Hall–Kier alpha value is -2.53. The first-order valence-electron chi connectivity index (χ1n) is 8.26. The van der Waals surface area contributed by atoms with E-state index in [1.54, 1.807) is 0 Å². The second-order valence-corrected chi connectivity index (χ2v) is 5.92. The number of nitrogens with zero attached hydrogens (tertiary/aromatic N) is 2. The van der Waals surface area contributed by atoms with E-state index in [9.17, 15) is 0 Å². The van der Waals surface area contributed by atoms with E-state index < -0.39 is 0 Å². The zero-order chi connectivity index (χ0) is 16.8. The molecule has 5 heteroatoms. The van der Waals surface area contributed by atoms with E-state index in [0.29, 0.717) is 12.5 Å². The van der Waals surface area contributed by atoms with Crippen LogP contribution in [0.2, 0.25) is 0 Å². The van der Waals surface area contributed by atoms with E-state index in [1.165, 1.54) is 16.8 Å². The lowest BCUT2D eigenvalue weighted by Crippen LogP contribution is -2.36. The first kappa shape index (κ1) is 16.3. The maximum Gasteiger partial charge on any atom is 0.193 e. The molecule has 0 aromatic heterocycles. The molecule has 0 spiro atoms. The van der Waals surface area contributed by atoms with Crippen molar-refractivity contribution >= 4 is 17.3 Å². The van der Waals surface area contributed by atoms with E-state index in [4.69, 9.17) is 10.5 Å². The molecule has 24 heavy (non-hydrogen) atoms. The monoisotopic (exact) mass is 324 g/mol. The highest BCUT2D eigenvalue weighted by Crippen LogP contribution is 2.22. The summed E-state index contributed by atoms with van der Waals surface area (Å²) >= 11 is 0. The first-order valence-corrected chi connectivity index (χ1v) is 8.26. The van der Waals surface area contributed by atoms with Gasteiger partial charge in [-0.1, -0.05) is 30.3 Å². The number of hydrogen-bond donors (Lipinski definition) is 2. The zero-order valence-corrected chi connectivity index (χ0v) is 14.0. The molecule has 3 N–H and O–H groups in total. The molecule has 0 aliphatic carbocycles. The number of aliphatic imine (C=N–C) groups is 1. The third-order valence-corrected chi connectivity index (χ3v) is 4.05. The molecule has 0 saturated carbocycles. The van der Waals surface area contributed by atoms with Crippen molar-refractivity contribution in [2.45, 2.75) is 13.5 Å². The molecule has 1 saturated heterocycles. The van der Waals surface area contributed by atoms with Gasteiger partial charge < -0.3 is 20.7 Å². The van der Waals surface area contributed by atoms with Crippen molar-refractivity contribution in [3.8, 4) is 0 Å². The predicted octanol–water partition coefficient (Wildman–Crippen LogP) is 2.76. The number of ether oxygens (including phenoxy) is 1. The smallest absolute Gasteiger partial charge is 0.193 e. The first-order chi connectivity index (χ1) is 11.7. The lowest BCUT2D eigenvalue weighted by Gasteiger charge is -2.30. The molecule has 3 rings (SSSR count). The van der Waals surface area contributed by atoms with Gasteiger partial charge in [-0.3, -0.25) is 0 Å². The second-order valence-electron chi connectivity index (χ2n) is 5.92. The summed E-state index contributed by atoms with van der Waals surface area (Å²) in [6.07, 6.45) is 0. The van der Waals surface area contributed by atoms with Gasteiger partial charge >= 0.3 is 0 Å². The molecular weight excluding hydrogens is 300 g/mol. The summed E-state index contributed by atoms with van der Waals surface area (Å²) in [6, 6.07) is 16.4. The Kier molecular flexibility index (Phi) is 5.33. The van der Waals surface area contributed by atoms with Gasteiger partial charge in [0, 0.05) is 24.5 Å². The molecule has 0 atom stereocenters. The summed E-state index contributed by atoms with van der Waals surface area (Å²) in [5.41, 5.74) is 10.6. The van der Waals surface area contributed by atoms with Gasteiger partial charge in [-0.15, -0.1) is 0 Å². The average molecular weight is 324 g/mol. The highest BCUT2D eigenvalue weighted by molar-refractivity contribution is 5.92. The second kappa shape index (κ2) is 7.84. The number of anilines is 2. The Bertz CT molecular complexity index is 708. The standard InChI is InChI=1S/C19H24N4O/c1-15-5-4-7-17(13-15)22-19(20)21-14-16-6-2-3-8-18(16)23-9-11-24-12-10-23/h2-8,13H,9-12,14H2,1H3,(H3,20,21,22). The normalized spacial score (nSPS) is 15.4. The summed E-state index contributed by atoms with van der Waals surface area (Å²) in [7, 11) is 0. The Morgan fingerprint density at radius 3 is 2.75 bits per heavy atom. The number of rotatable bonds is 4. The Balaban J connectivity index is 1.69. The fraction of sp³-hybridized carbons (Fsp3) is 0.316. The van der Waals surface area contributed by atoms with Crippen molar-refractivity contribution in [1.82, 2.24) is 0 Å². The van der Waals surface area contributed by atoms with E-state index in [-0.39, 0.29) is 0 Å². The quantitative estimate of drug-likeness (QED) is 0.670. The highest BCUT2D eigenvalue weighted by Gasteiger charge is 2.14. The minimum Gasteiger partial charge on any atom is -0.378 e. The number of benzene rings is 2. The van der Waals surface area contributed by atoms with Crippen molar-refractivity contribution in [2.24, 2.45) is 10.7 Å². The van der Waals surface area contributed by atoms with Gasteiger partial charge in [-0.25, -0.2) is 4.99 Å². The van der Waals surface area contributed by atoms with Crippen molar-refractivity contribution in [2.75, 3.05) is 36.5 Å². The number of aryl methyl sites for hydroxylation is 1. The van der Waals surface area contributed by atoms with Crippen LogP contribution in [0.4, 0.5) is 11.4 Å². The number of guanidine groups is 1. The van der Waals surface area contributed by atoms with Crippen LogP contribution in [0.1, 0.15) is 11.1 Å². The Morgan fingerprint density at radius 2 is 1.96 bits per heavy atom. The highest BCUT2D eigenvalue weighted by atomic mass is 16.5. The lowest BCUT2D eigenvalue weighted by atomic mass is 10.1. The van der Waals surface area contributed by atoms with E-state index in [2.05, 4.69) is 46.4 Å². The van der Waals surface area contributed by atoms with Gasteiger partial charge in [0.1, 0.15) is 0 Å². The fourth-order valence-corrected chi connectivity index (χ4v) is 2.84. The molecule has 2 aromatic carbocycles. The third kappa shape index (κ3) is 4.26. The zero-order valence-electron chi connectivity index (χ0n) is 14.0. The molecule has 0 radical (unpaired) electrons. The molecular formula is C19H24N4O. The lowest BCUT2D eigenvalue weighted by molar-refractivity contribution is 0.122. The summed E-state index contributed by atoms with van der Waals surface area (Å²) in [4.78, 5) is 6.85. The molecule has 0 unspecified atom stereocenters. The van der Waals surface area contributed by atoms with Gasteiger partial charge in [0.05, 0.1) is 19.8 Å². The summed E-state index contributed by atoms with van der Waals surface area (Å²) in [5.74, 6) is 0.428. The number of hydrogen-bond acceptors (Lipinski definition) is 3. The number of morpholine rings is 1. The van der Waals surface area contributed by atoms with Crippen molar-refractivity contribution in [3.05, 3.63) is 59.7 Å². The van der Waals surface area contributed by atoms with Gasteiger partial charge in [-0.05, 0) is 36.2 Å². The summed E-state index contributed by atoms with van der Waals surface area (Å²) in [5, 5.41) is 3.15. The molecule has 1 aliphatic heterocycles. The molecule has 2 aromatic rings. The van der Waals surface area contributed by atoms with Crippen molar-refractivity contribution in [3.63, 3.8) is 0 Å². The summed E-state index contributed by atoms with van der Waals surface area (Å²) in [6.45, 7) is 5.98. The summed E-state index contributed by atoms with van der Waals surface area (Å²) < 4.78 is 5.44. The topological polar surface area (TPSA) is 62.9 Å². The van der Waals surface area contributed by atoms with Crippen LogP contribution >= 0.6 is 0 Å². The minimum absolute atomic E-state index is 0.428. The van der Waals surface area contributed by atoms with E-state index in [0.717, 1.165) is 32.0 Å². The fourth-order valence-electron chi connectivity index (χ4n) is 2.84. The molecule has 0 bridgehead atoms. The SMILES string of the molecule is Cc1cccc(NC(N)=NCc2ccccc2N2CCOCC2)c1. The van der Waals surface area contributed by atoms with E-state index in [1.807, 2.05) is 24.3 Å². The number of nitrogens with one attached hydrogen (secondary N) is 1. The molecule has 1 heterocycles. The predicted molar refractivity (Wildman–Crippen MR) is 99.6 cm³/mol. The van der Waals surface area contributed by atoms with Crippen LogP contribution in [0.15, 0.2) is 53.5 Å². The Labute approximate surface area is 143 Å². The molecule has 1 aliphatic rings. The van der Waals surface area contributed by atoms with Gasteiger partial charge in [-0.2, -0.15) is 0 Å². The van der Waals surface area contributed by atoms with E-state index >= 15 is 0 Å². The molecule has 126 valence electrons. The number of nitrogens with two attached hydrogens (primary N) is 1. The van der Waals surface area contributed by atoms with Gasteiger partial charge in [0.2, 0.25) is 0 Å². The number of para-hydroxylation sites is 1. The van der Waals surface area contributed by atoms with Crippen LogP contribution in [0.25, 0.3) is 0 Å². The van der Waals surface area contributed by atoms with Crippen LogP contribution < -0.4 is 16.0 Å². The van der Waals surface area contributed by atoms with Crippen molar-refractivity contribution in [1.29, 1.82) is 0 Å². The maximum atomic E-state index is 6.04. The van der Waals surface area contributed by atoms with Crippen LogP contribution in [-0.2, 0) is 11.3 Å². The van der Waals surface area contributed by atoms with Crippen LogP contribution in [0.5, 0.6) is 0 Å². The minimum atomic E-state index is 0.428. The maximum absolute atomic E-state index is 6.04. The van der Waals surface area contributed by atoms with Gasteiger partial charge in [0.25, 0.3) is 0 Å². The van der Waals surface area contributed by atoms with Crippen molar-refractivity contribution < 1.29 is 4.74 Å². The third-order valence-electron chi connectivity index (χ3n) is 4.05. The molecule has 5 nitrogen and oxygen atoms in total. The van der Waals surface area contributed by atoms with Crippen LogP contribution in [-0.4, -0.2) is 32.3 Å². The Morgan fingerprint density at radius 1 is 1.17 bits per heavy atom. The molecule has 0 amide bonds. The molecule has 1 fully saturated rings. The van der Waals surface area contributed by atoms with Crippen LogP contribution in [0.3, 0.4) is 0 Å². The van der Waals surface area contributed by atoms with Gasteiger partial charge in [0.15, 0.2) is 5.96 Å². The largest absolute Gasteiger partial charge is 0.378 e. The average Bonchev–Trinajstić information content (AvgIpc) is 2.61.